The highest BCUT2D eigenvalue weighted by Crippen LogP contribution is 2.06. The van der Waals surface area contributed by atoms with Crippen LogP contribution in [-0.4, -0.2) is 0 Å². The first-order valence-corrected chi connectivity index (χ1v) is 4.21. The summed E-state index contributed by atoms with van der Waals surface area (Å²) in [5.41, 5.74) is 2.06. The van der Waals surface area contributed by atoms with E-state index in [0.29, 0.717) is 0 Å². The summed E-state index contributed by atoms with van der Waals surface area (Å²) in [7, 11) is 0. The number of hydrogen-bond donors (Lipinski definition) is 0. The Morgan fingerprint density at radius 1 is 1.10 bits per heavy atom. The second kappa shape index (κ2) is 3.74. The van der Waals surface area contributed by atoms with Crippen LogP contribution in [-0.2, 0) is 11.9 Å². The predicted octanol–water partition coefficient (Wildman–Crippen LogP) is 1.44. The molecule has 1 aromatic carbocycles. The van der Waals surface area contributed by atoms with Crippen molar-refractivity contribution in [3.63, 3.8) is 0 Å². The minimum Gasteiger partial charge on any atom is -0.851 e. The smallest absolute Gasteiger partial charge is 0.0283 e. The van der Waals surface area contributed by atoms with Crippen molar-refractivity contribution in [3.8, 4) is 0 Å². The first-order valence-electron chi connectivity index (χ1n) is 3.08. The van der Waals surface area contributed by atoms with Gasteiger partial charge in [-0.05, 0) is 5.56 Å². The summed E-state index contributed by atoms with van der Waals surface area (Å²) in [5, 5.41) is 11.2. The summed E-state index contributed by atoms with van der Waals surface area (Å²) < 4.78 is 0. The van der Waals surface area contributed by atoms with E-state index in [1.54, 1.807) is 0 Å². The molecule has 0 aliphatic rings. The van der Waals surface area contributed by atoms with Crippen molar-refractivity contribution in [1.82, 2.24) is 0 Å². The molecule has 0 fully saturated rings. The normalized spacial score (nSPS) is 9.80. The quantitative estimate of drug-likeness (QED) is 0.662. The third-order valence-electron chi connectivity index (χ3n) is 1.34. The van der Waals surface area contributed by atoms with Gasteiger partial charge in [0.2, 0.25) is 0 Å². The first kappa shape index (κ1) is 7.76. The molecule has 0 aliphatic carbocycles. The van der Waals surface area contributed by atoms with Crippen LogP contribution in [0.25, 0.3) is 0 Å². The molecule has 1 rings (SSSR count). The summed E-state index contributed by atoms with van der Waals surface area (Å²) in [5.74, 6) is 0. The van der Waals surface area contributed by atoms with Gasteiger partial charge in [-0.15, -0.1) is 6.61 Å². The van der Waals surface area contributed by atoms with E-state index in [9.17, 15) is 5.11 Å². The number of halogens is 1. The molecule has 2 heteroatoms. The van der Waals surface area contributed by atoms with E-state index < -0.39 is 0 Å². The van der Waals surface area contributed by atoms with Gasteiger partial charge >= 0.3 is 0 Å². The van der Waals surface area contributed by atoms with Crippen LogP contribution >= 0.6 is 15.9 Å². The van der Waals surface area contributed by atoms with Gasteiger partial charge < -0.3 is 5.11 Å². The molecule has 0 spiro atoms. The highest BCUT2D eigenvalue weighted by atomic mass is 79.9. The maximum atomic E-state index is 10.3. The van der Waals surface area contributed by atoms with Crippen molar-refractivity contribution < 1.29 is 5.11 Å². The highest BCUT2D eigenvalue weighted by molar-refractivity contribution is 9.08. The SMILES string of the molecule is [O-]Cc1ccc(CBr)cc1. The monoisotopic (exact) mass is 199 g/mol. The number of alkyl halides is 1. The van der Waals surface area contributed by atoms with Gasteiger partial charge in [0.1, 0.15) is 0 Å². The van der Waals surface area contributed by atoms with Crippen molar-refractivity contribution in [2.75, 3.05) is 0 Å². The molecule has 0 bridgehead atoms. The minimum absolute atomic E-state index is 0.122. The van der Waals surface area contributed by atoms with Gasteiger partial charge in [-0.2, -0.15) is 0 Å². The number of rotatable bonds is 2. The van der Waals surface area contributed by atoms with E-state index >= 15 is 0 Å². The van der Waals surface area contributed by atoms with Gasteiger partial charge in [0, 0.05) is 5.33 Å². The fraction of sp³-hybridized carbons (Fsp3) is 0.250. The first-order chi connectivity index (χ1) is 4.86. The average molecular weight is 200 g/mol. The average Bonchev–Trinajstić information content (AvgIpc) is 2.05. The molecule has 0 atom stereocenters. The third kappa shape index (κ3) is 1.82. The molecule has 10 heavy (non-hydrogen) atoms. The van der Waals surface area contributed by atoms with Crippen molar-refractivity contribution >= 4 is 15.9 Å². The lowest BCUT2D eigenvalue weighted by Gasteiger charge is -2.03. The summed E-state index contributed by atoms with van der Waals surface area (Å²) in [6, 6.07) is 7.65. The molecule has 0 radical (unpaired) electrons. The number of benzene rings is 1. The van der Waals surface area contributed by atoms with Crippen LogP contribution < -0.4 is 5.11 Å². The van der Waals surface area contributed by atoms with Crippen LogP contribution in [0.1, 0.15) is 11.1 Å². The van der Waals surface area contributed by atoms with Crippen molar-refractivity contribution in [2.24, 2.45) is 0 Å². The fourth-order valence-corrected chi connectivity index (χ4v) is 1.10. The van der Waals surface area contributed by atoms with Gasteiger partial charge in [0.25, 0.3) is 0 Å². The molecule has 0 unspecified atom stereocenters. The van der Waals surface area contributed by atoms with Gasteiger partial charge in [-0.25, -0.2) is 0 Å². The molecule has 0 aliphatic heterocycles. The van der Waals surface area contributed by atoms with Crippen LogP contribution in [0.3, 0.4) is 0 Å². The maximum absolute atomic E-state index is 10.3. The molecule has 0 heterocycles. The molecular formula is C8H8BrO-. The second-order valence-corrected chi connectivity index (χ2v) is 2.66. The lowest BCUT2D eigenvalue weighted by atomic mass is 10.2. The Balaban J connectivity index is 2.80. The van der Waals surface area contributed by atoms with E-state index in [-0.39, 0.29) is 6.61 Å². The lowest BCUT2D eigenvalue weighted by molar-refractivity contribution is -0.386. The zero-order valence-electron chi connectivity index (χ0n) is 5.51. The topological polar surface area (TPSA) is 23.1 Å². The van der Waals surface area contributed by atoms with Crippen molar-refractivity contribution in [2.45, 2.75) is 11.9 Å². The van der Waals surface area contributed by atoms with Crippen LogP contribution in [0.4, 0.5) is 0 Å². The van der Waals surface area contributed by atoms with E-state index in [2.05, 4.69) is 15.9 Å². The zero-order valence-corrected chi connectivity index (χ0v) is 7.10. The molecule has 0 aromatic heterocycles. The Morgan fingerprint density at radius 3 is 2.00 bits per heavy atom. The molecule has 0 saturated heterocycles. The van der Waals surface area contributed by atoms with Gasteiger partial charge in [-0.3, -0.25) is 0 Å². The van der Waals surface area contributed by atoms with E-state index in [1.165, 1.54) is 5.56 Å². The predicted molar refractivity (Wildman–Crippen MR) is 42.8 cm³/mol. The Hall–Kier alpha value is -0.340. The van der Waals surface area contributed by atoms with E-state index in [0.717, 1.165) is 10.9 Å². The summed E-state index contributed by atoms with van der Waals surface area (Å²) in [6.07, 6.45) is 0. The largest absolute Gasteiger partial charge is 0.851 e. The maximum Gasteiger partial charge on any atom is 0.0283 e. The third-order valence-corrected chi connectivity index (χ3v) is 1.99. The van der Waals surface area contributed by atoms with Crippen LogP contribution in [0.2, 0.25) is 0 Å². The molecule has 0 N–H and O–H groups in total. The number of hydrogen-bond acceptors (Lipinski definition) is 1. The van der Waals surface area contributed by atoms with Crippen LogP contribution in [0.5, 0.6) is 0 Å². The summed E-state index contributed by atoms with van der Waals surface area (Å²) in [4.78, 5) is 0. The second-order valence-electron chi connectivity index (χ2n) is 2.09. The summed E-state index contributed by atoms with van der Waals surface area (Å²) in [6.45, 7) is -0.122. The van der Waals surface area contributed by atoms with Crippen molar-refractivity contribution in [1.29, 1.82) is 0 Å². The lowest BCUT2D eigenvalue weighted by Crippen LogP contribution is -2.01. The van der Waals surface area contributed by atoms with E-state index in [1.807, 2.05) is 24.3 Å². The molecule has 54 valence electrons. The fourth-order valence-electron chi connectivity index (χ4n) is 0.725. The van der Waals surface area contributed by atoms with E-state index in [4.69, 9.17) is 0 Å². The molecular weight excluding hydrogens is 192 g/mol. The van der Waals surface area contributed by atoms with Crippen molar-refractivity contribution in [3.05, 3.63) is 35.4 Å². The molecule has 1 nitrogen and oxygen atoms in total. The van der Waals surface area contributed by atoms with Gasteiger partial charge in [0.15, 0.2) is 0 Å². The minimum atomic E-state index is -0.122. The van der Waals surface area contributed by atoms with Crippen LogP contribution in [0.15, 0.2) is 24.3 Å². The Bertz CT molecular complexity index is 170. The highest BCUT2D eigenvalue weighted by Gasteiger charge is 1.87. The zero-order chi connectivity index (χ0) is 7.40. The Kier molecular flexibility index (Phi) is 2.90. The molecule has 1 aromatic rings. The standard InChI is InChI=1S/C8H8BrO/c9-5-7-1-3-8(6-10)4-2-7/h1-4H,5-6H2/q-1. The Labute approximate surface area is 68.8 Å². The Morgan fingerprint density at radius 2 is 1.60 bits per heavy atom. The van der Waals surface area contributed by atoms with Crippen LogP contribution in [0, 0.1) is 0 Å². The van der Waals surface area contributed by atoms with Gasteiger partial charge in [0.05, 0.1) is 0 Å². The summed E-state index contributed by atoms with van der Waals surface area (Å²) >= 11 is 3.33. The van der Waals surface area contributed by atoms with Gasteiger partial charge in [-0.1, -0.05) is 45.8 Å². The molecule has 0 saturated carbocycles. The molecule has 0 amide bonds.